The monoisotopic (exact) mass is 388 g/mol. The minimum Gasteiger partial charge on any atom is -0.373 e. The maximum atomic E-state index is 5.63. The minimum atomic E-state index is 0.666. The molecular weight excluding hydrogens is 352 g/mol. The van der Waals surface area contributed by atoms with E-state index in [2.05, 4.69) is 61.2 Å². The first-order chi connectivity index (χ1) is 14.3. The molecule has 0 aromatic heterocycles. The largest absolute Gasteiger partial charge is 0.373 e. The molecule has 1 fully saturated rings. The summed E-state index contributed by atoms with van der Waals surface area (Å²) >= 11 is 0. The van der Waals surface area contributed by atoms with Gasteiger partial charge in [0.05, 0.1) is 13.2 Å². The van der Waals surface area contributed by atoms with Crippen LogP contribution in [0.1, 0.15) is 68.9 Å². The van der Waals surface area contributed by atoms with E-state index >= 15 is 0 Å². The number of allylic oxidation sites excluding steroid dienone is 2. The van der Waals surface area contributed by atoms with Gasteiger partial charge in [0, 0.05) is 0 Å². The van der Waals surface area contributed by atoms with E-state index in [9.17, 15) is 0 Å². The average molecular weight is 389 g/mol. The molecule has 1 heteroatoms. The zero-order valence-electron chi connectivity index (χ0n) is 18.0. The molecular formula is C28H36O. The van der Waals surface area contributed by atoms with Crippen molar-refractivity contribution in [2.75, 3.05) is 6.61 Å². The number of unbranched alkanes of at least 4 members (excludes halogenated alkanes) is 1. The average Bonchev–Trinajstić information content (AvgIpc) is 2.78. The molecule has 1 saturated carbocycles. The van der Waals surface area contributed by atoms with Gasteiger partial charge in [-0.05, 0) is 79.5 Å². The van der Waals surface area contributed by atoms with Crippen LogP contribution in [0.15, 0.2) is 73.3 Å². The fraction of sp³-hybridized carbons (Fsp3) is 0.429. The highest BCUT2D eigenvalue weighted by Crippen LogP contribution is 2.38. The third kappa shape index (κ3) is 6.72. The number of hydrogen-bond donors (Lipinski definition) is 0. The molecule has 0 N–H and O–H groups in total. The summed E-state index contributed by atoms with van der Waals surface area (Å²) in [6, 6.07) is 18.1. The number of rotatable bonds is 10. The second-order valence-corrected chi connectivity index (χ2v) is 8.34. The van der Waals surface area contributed by atoms with Crippen molar-refractivity contribution in [1.29, 1.82) is 0 Å². The van der Waals surface area contributed by atoms with E-state index in [1.807, 2.05) is 19.1 Å². The Labute approximate surface area is 177 Å². The van der Waals surface area contributed by atoms with Crippen LogP contribution in [0.4, 0.5) is 0 Å². The summed E-state index contributed by atoms with van der Waals surface area (Å²) in [5.74, 6) is 1.68. The maximum Gasteiger partial charge on any atom is 0.0721 e. The molecule has 2 aromatic rings. The lowest BCUT2D eigenvalue weighted by molar-refractivity contribution is 0.148. The van der Waals surface area contributed by atoms with Crippen molar-refractivity contribution in [3.05, 3.63) is 84.5 Å². The molecule has 1 aliphatic rings. The Kier molecular flexibility index (Phi) is 8.77. The predicted octanol–water partition coefficient (Wildman–Crippen LogP) is 8.08. The first kappa shape index (κ1) is 21.6. The Balaban J connectivity index is 1.50. The zero-order chi connectivity index (χ0) is 20.3. The summed E-state index contributed by atoms with van der Waals surface area (Å²) in [7, 11) is 0. The molecule has 0 spiro atoms. The molecule has 154 valence electrons. The second-order valence-electron chi connectivity index (χ2n) is 8.34. The van der Waals surface area contributed by atoms with Crippen molar-refractivity contribution in [2.24, 2.45) is 5.92 Å². The van der Waals surface area contributed by atoms with Gasteiger partial charge in [-0.3, -0.25) is 0 Å². The molecule has 0 bridgehead atoms. The van der Waals surface area contributed by atoms with Crippen LogP contribution in [0.5, 0.6) is 0 Å². The molecule has 0 unspecified atom stereocenters. The highest BCUT2D eigenvalue weighted by atomic mass is 16.5. The van der Waals surface area contributed by atoms with Crippen molar-refractivity contribution in [1.82, 2.24) is 0 Å². The SMILES string of the molecule is C=CCCC[C@H]1CC[C@H](c2ccc(-c3ccc(COC/C=C/C)cc3)cc2)CC1. The van der Waals surface area contributed by atoms with Crippen LogP contribution in [-0.4, -0.2) is 6.61 Å². The van der Waals surface area contributed by atoms with Crippen LogP contribution in [0.3, 0.4) is 0 Å². The van der Waals surface area contributed by atoms with Gasteiger partial charge in [0.2, 0.25) is 0 Å². The van der Waals surface area contributed by atoms with Crippen LogP contribution >= 0.6 is 0 Å². The fourth-order valence-electron chi connectivity index (χ4n) is 4.42. The number of ether oxygens (including phenoxy) is 1. The van der Waals surface area contributed by atoms with Crippen molar-refractivity contribution >= 4 is 0 Å². The molecule has 0 atom stereocenters. The van der Waals surface area contributed by atoms with E-state index in [0.717, 1.165) is 11.8 Å². The van der Waals surface area contributed by atoms with E-state index in [1.165, 1.54) is 67.2 Å². The number of hydrogen-bond acceptors (Lipinski definition) is 1. The third-order valence-corrected chi connectivity index (χ3v) is 6.26. The molecule has 1 nitrogen and oxygen atoms in total. The summed E-state index contributed by atoms with van der Waals surface area (Å²) in [4.78, 5) is 0. The van der Waals surface area contributed by atoms with E-state index < -0.39 is 0 Å². The van der Waals surface area contributed by atoms with E-state index in [-0.39, 0.29) is 0 Å². The Morgan fingerprint density at radius 1 is 0.931 bits per heavy atom. The maximum absolute atomic E-state index is 5.63. The van der Waals surface area contributed by atoms with Crippen molar-refractivity contribution in [3.63, 3.8) is 0 Å². The summed E-state index contributed by atoms with van der Waals surface area (Å²) in [5.41, 5.74) is 5.32. The quantitative estimate of drug-likeness (QED) is 0.295. The van der Waals surface area contributed by atoms with Gasteiger partial charge in [-0.2, -0.15) is 0 Å². The Morgan fingerprint density at radius 3 is 2.21 bits per heavy atom. The van der Waals surface area contributed by atoms with Gasteiger partial charge in [0.15, 0.2) is 0 Å². The number of benzene rings is 2. The van der Waals surface area contributed by atoms with Gasteiger partial charge in [0.25, 0.3) is 0 Å². The molecule has 0 saturated heterocycles. The molecule has 0 radical (unpaired) electrons. The fourth-order valence-corrected chi connectivity index (χ4v) is 4.42. The van der Waals surface area contributed by atoms with Crippen LogP contribution < -0.4 is 0 Å². The standard InChI is InChI=1S/C28H36O/c1-3-5-7-8-23-9-13-25(14-10-23)27-17-19-28(20-18-27)26-15-11-24(12-16-26)22-29-21-6-4-2/h3-4,6,11-12,15-20,23,25H,1,5,7-10,13-14,21-22H2,2H3/b6-4+/t23-,25-. The molecule has 2 aromatic carbocycles. The Bertz CT molecular complexity index is 746. The normalized spacial score (nSPS) is 19.5. The lowest BCUT2D eigenvalue weighted by Gasteiger charge is -2.29. The lowest BCUT2D eigenvalue weighted by Crippen LogP contribution is -2.13. The molecule has 3 rings (SSSR count). The second kappa shape index (κ2) is 11.8. The lowest BCUT2D eigenvalue weighted by atomic mass is 9.77. The Hall–Kier alpha value is -2.12. The zero-order valence-corrected chi connectivity index (χ0v) is 18.0. The van der Waals surface area contributed by atoms with Crippen LogP contribution in [0.2, 0.25) is 0 Å². The molecule has 1 aliphatic carbocycles. The topological polar surface area (TPSA) is 9.23 Å². The molecule has 0 heterocycles. The van der Waals surface area contributed by atoms with E-state index in [1.54, 1.807) is 0 Å². The van der Waals surface area contributed by atoms with Gasteiger partial charge in [0.1, 0.15) is 0 Å². The highest BCUT2D eigenvalue weighted by molar-refractivity contribution is 5.64. The van der Waals surface area contributed by atoms with Gasteiger partial charge in [-0.15, -0.1) is 6.58 Å². The smallest absolute Gasteiger partial charge is 0.0721 e. The highest BCUT2D eigenvalue weighted by Gasteiger charge is 2.21. The summed E-state index contributed by atoms with van der Waals surface area (Å²) < 4.78 is 5.63. The van der Waals surface area contributed by atoms with Crippen molar-refractivity contribution < 1.29 is 4.74 Å². The van der Waals surface area contributed by atoms with Crippen molar-refractivity contribution in [2.45, 2.75) is 64.4 Å². The van der Waals surface area contributed by atoms with Gasteiger partial charge in [-0.1, -0.05) is 73.2 Å². The van der Waals surface area contributed by atoms with Crippen LogP contribution in [0, 0.1) is 5.92 Å². The van der Waals surface area contributed by atoms with E-state index in [4.69, 9.17) is 4.74 Å². The third-order valence-electron chi connectivity index (χ3n) is 6.26. The molecule has 29 heavy (non-hydrogen) atoms. The van der Waals surface area contributed by atoms with E-state index in [0.29, 0.717) is 13.2 Å². The van der Waals surface area contributed by atoms with Gasteiger partial charge in [-0.25, -0.2) is 0 Å². The van der Waals surface area contributed by atoms with Crippen LogP contribution in [0.25, 0.3) is 11.1 Å². The summed E-state index contributed by atoms with van der Waals surface area (Å²) in [6.45, 7) is 7.20. The minimum absolute atomic E-state index is 0.666. The first-order valence-corrected chi connectivity index (χ1v) is 11.3. The van der Waals surface area contributed by atoms with Crippen molar-refractivity contribution in [3.8, 4) is 11.1 Å². The van der Waals surface area contributed by atoms with Crippen LogP contribution in [-0.2, 0) is 11.3 Å². The van der Waals surface area contributed by atoms with Gasteiger partial charge < -0.3 is 4.74 Å². The van der Waals surface area contributed by atoms with Gasteiger partial charge >= 0.3 is 0 Å². The predicted molar refractivity (Wildman–Crippen MR) is 125 cm³/mol. The first-order valence-electron chi connectivity index (χ1n) is 11.3. The summed E-state index contributed by atoms with van der Waals surface area (Å²) in [6.07, 6.45) is 15.4. The summed E-state index contributed by atoms with van der Waals surface area (Å²) in [5, 5.41) is 0. The molecule has 0 aliphatic heterocycles. The Morgan fingerprint density at radius 2 is 1.59 bits per heavy atom. The molecule has 0 amide bonds.